The van der Waals surface area contributed by atoms with Gasteiger partial charge in [-0.25, -0.2) is 4.98 Å². The summed E-state index contributed by atoms with van der Waals surface area (Å²) in [6, 6.07) is 16.4. The van der Waals surface area contributed by atoms with E-state index in [-0.39, 0.29) is 5.91 Å². The number of nitrogens with zero attached hydrogens (tertiary/aromatic N) is 2. The number of carbonyl (C=O) groups excluding carboxylic acids is 1. The summed E-state index contributed by atoms with van der Waals surface area (Å²) < 4.78 is 0. The van der Waals surface area contributed by atoms with Crippen molar-refractivity contribution in [3.05, 3.63) is 82.3 Å². The predicted molar refractivity (Wildman–Crippen MR) is 150 cm³/mol. The molecule has 1 aliphatic rings. The number of nitrogens with one attached hydrogen (secondary N) is 2. The molecule has 0 spiro atoms. The molecular formula is C28H32N4OS2. The average Bonchev–Trinajstić information content (AvgIpc) is 3.40. The summed E-state index contributed by atoms with van der Waals surface area (Å²) in [7, 11) is 0. The van der Waals surface area contributed by atoms with E-state index < -0.39 is 0 Å². The Balaban J connectivity index is 1.38. The number of allylic oxidation sites excluding steroid dienone is 1. The van der Waals surface area contributed by atoms with Gasteiger partial charge in [0, 0.05) is 42.2 Å². The molecule has 0 atom stereocenters. The largest absolute Gasteiger partial charge is 0.359 e. The second-order valence-electron chi connectivity index (χ2n) is 8.64. The van der Waals surface area contributed by atoms with Gasteiger partial charge in [0.15, 0.2) is 5.11 Å². The minimum absolute atomic E-state index is 0.170. The van der Waals surface area contributed by atoms with Gasteiger partial charge in [0.2, 0.25) is 0 Å². The molecule has 0 radical (unpaired) electrons. The summed E-state index contributed by atoms with van der Waals surface area (Å²) in [6.07, 6.45) is 7.04. The van der Waals surface area contributed by atoms with Crippen molar-refractivity contribution < 1.29 is 4.79 Å². The Labute approximate surface area is 217 Å². The summed E-state index contributed by atoms with van der Waals surface area (Å²) in [4.78, 5) is 20.0. The predicted octanol–water partition coefficient (Wildman–Crippen LogP) is 6.25. The zero-order valence-electron chi connectivity index (χ0n) is 20.3. The lowest BCUT2D eigenvalue weighted by molar-refractivity contribution is 0.102. The van der Waals surface area contributed by atoms with Crippen LogP contribution in [0, 0.1) is 0 Å². The summed E-state index contributed by atoms with van der Waals surface area (Å²) in [5.41, 5.74) is 4.66. The van der Waals surface area contributed by atoms with Crippen molar-refractivity contribution in [1.29, 1.82) is 0 Å². The molecule has 0 bridgehead atoms. The Hall–Kier alpha value is -3.03. The van der Waals surface area contributed by atoms with E-state index in [2.05, 4.69) is 52.8 Å². The van der Waals surface area contributed by atoms with Gasteiger partial charge in [-0.05, 0) is 55.6 Å². The van der Waals surface area contributed by atoms with Gasteiger partial charge in [-0.15, -0.1) is 11.3 Å². The van der Waals surface area contributed by atoms with Gasteiger partial charge in [0.05, 0.1) is 5.01 Å². The standard InChI is InChI=1S/C28H32N4OS2/c1-3-5-16-29-28(34)32-17-14-22(15-18-32)27-31-25(19-35-27)26(33)30-24-9-7-6-8-23(24)21-12-10-20(4-2)11-13-21/h3,5-13,19,22H,4,14-18H2,1-2H3,(H,29,34)(H,30,33). The third kappa shape index (κ3) is 6.35. The first-order valence-electron chi connectivity index (χ1n) is 12.2. The number of hydrogen-bond donors (Lipinski definition) is 2. The van der Waals surface area contributed by atoms with E-state index in [1.807, 2.05) is 42.6 Å². The quantitative estimate of drug-likeness (QED) is 0.294. The second-order valence-corrected chi connectivity index (χ2v) is 9.91. The van der Waals surface area contributed by atoms with E-state index in [1.54, 1.807) is 11.3 Å². The van der Waals surface area contributed by atoms with Crippen molar-refractivity contribution in [2.45, 2.75) is 39.0 Å². The number of benzene rings is 2. The maximum Gasteiger partial charge on any atom is 0.275 e. The van der Waals surface area contributed by atoms with E-state index in [0.717, 1.165) is 65.8 Å². The number of carbonyl (C=O) groups is 1. The fourth-order valence-electron chi connectivity index (χ4n) is 4.24. The fourth-order valence-corrected chi connectivity index (χ4v) is 5.47. The molecule has 0 unspecified atom stereocenters. The van der Waals surface area contributed by atoms with Crippen LogP contribution in [0.25, 0.3) is 11.1 Å². The number of anilines is 1. The van der Waals surface area contributed by atoms with Crippen molar-refractivity contribution >= 4 is 40.3 Å². The molecular weight excluding hydrogens is 472 g/mol. The van der Waals surface area contributed by atoms with Gasteiger partial charge in [0.25, 0.3) is 5.91 Å². The van der Waals surface area contributed by atoms with Crippen LogP contribution in [0.2, 0.25) is 0 Å². The van der Waals surface area contributed by atoms with Gasteiger partial charge in [0.1, 0.15) is 5.69 Å². The van der Waals surface area contributed by atoms with Gasteiger partial charge in [-0.1, -0.05) is 61.5 Å². The Kier molecular flexibility index (Phi) is 8.66. The molecule has 0 saturated carbocycles. The van der Waals surface area contributed by atoms with E-state index in [0.29, 0.717) is 11.6 Å². The number of rotatable bonds is 7. The zero-order chi connectivity index (χ0) is 24.6. The number of amides is 1. The van der Waals surface area contributed by atoms with Crippen molar-refractivity contribution in [2.24, 2.45) is 0 Å². The Morgan fingerprint density at radius 1 is 1.17 bits per heavy atom. The first-order valence-corrected chi connectivity index (χ1v) is 13.5. The van der Waals surface area contributed by atoms with Crippen molar-refractivity contribution in [3.63, 3.8) is 0 Å². The van der Waals surface area contributed by atoms with Crippen LogP contribution < -0.4 is 10.6 Å². The number of aryl methyl sites for hydroxylation is 1. The highest BCUT2D eigenvalue weighted by molar-refractivity contribution is 7.80. The molecule has 3 aromatic rings. The molecule has 7 heteroatoms. The fraction of sp³-hybridized carbons (Fsp3) is 0.321. The lowest BCUT2D eigenvalue weighted by Gasteiger charge is -2.33. The molecule has 4 rings (SSSR count). The van der Waals surface area contributed by atoms with Crippen LogP contribution in [-0.4, -0.2) is 40.5 Å². The molecule has 182 valence electrons. The molecule has 5 nitrogen and oxygen atoms in total. The van der Waals surface area contributed by atoms with Crippen LogP contribution in [0.15, 0.2) is 66.1 Å². The minimum atomic E-state index is -0.170. The molecule has 1 fully saturated rings. The smallest absolute Gasteiger partial charge is 0.275 e. The molecule has 1 saturated heterocycles. The molecule has 2 heterocycles. The van der Waals surface area contributed by atoms with Crippen LogP contribution in [0.5, 0.6) is 0 Å². The molecule has 0 aliphatic carbocycles. The third-order valence-corrected chi connectivity index (χ3v) is 7.75. The van der Waals surface area contributed by atoms with Crippen LogP contribution in [0.1, 0.15) is 53.7 Å². The highest BCUT2D eigenvalue weighted by Gasteiger charge is 2.25. The first kappa shape index (κ1) is 25.1. The molecule has 1 amide bonds. The second kappa shape index (κ2) is 12.1. The van der Waals surface area contributed by atoms with Crippen molar-refractivity contribution in [3.8, 4) is 11.1 Å². The number of likely N-dealkylation sites (tertiary alicyclic amines) is 1. The van der Waals surface area contributed by atoms with E-state index in [1.165, 1.54) is 5.56 Å². The van der Waals surface area contributed by atoms with Gasteiger partial charge < -0.3 is 15.5 Å². The van der Waals surface area contributed by atoms with Crippen LogP contribution >= 0.6 is 23.6 Å². The van der Waals surface area contributed by atoms with Crippen LogP contribution in [0.3, 0.4) is 0 Å². The first-order chi connectivity index (χ1) is 17.1. The maximum absolute atomic E-state index is 13.1. The summed E-state index contributed by atoms with van der Waals surface area (Å²) >= 11 is 7.09. The van der Waals surface area contributed by atoms with Gasteiger partial charge >= 0.3 is 0 Å². The van der Waals surface area contributed by atoms with Crippen LogP contribution in [0.4, 0.5) is 5.69 Å². The molecule has 2 aromatic carbocycles. The van der Waals surface area contributed by atoms with Gasteiger partial charge in [-0.2, -0.15) is 0 Å². The highest BCUT2D eigenvalue weighted by Crippen LogP contribution is 2.32. The Morgan fingerprint density at radius 2 is 1.91 bits per heavy atom. The topological polar surface area (TPSA) is 57.3 Å². The Morgan fingerprint density at radius 3 is 2.63 bits per heavy atom. The zero-order valence-corrected chi connectivity index (χ0v) is 21.9. The number of thiazole rings is 1. The summed E-state index contributed by atoms with van der Waals surface area (Å²) in [5, 5.41) is 10.1. The summed E-state index contributed by atoms with van der Waals surface area (Å²) in [5.74, 6) is 0.192. The molecule has 1 aromatic heterocycles. The molecule has 35 heavy (non-hydrogen) atoms. The molecule has 1 aliphatic heterocycles. The SMILES string of the molecule is CC=CCNC(=S)N1CCC(c2nc(C(=O)Nc3ccccc3-c3ccc(CC)cc3)cs2)CC1. The lowest BCUT2D eigenvalue weighted by atomic mass is 9.98. The monoisotopic (exact) mass is 504 g/mol. The van der Waals surface area contributed by atoms with Crippen LogP contribution in [-0.2, 0) is 6.42 Å². The van der Waals surface area contributed by atoms with E-state index in [9.17, 15) is 4.79 Å². The average molecular weight is 505 g/mol. The van der Waals surface area contributed by atoms with Crippen molar-refractivity contribution in [1.82, 2.24) is 15.2 Å². The minimum Gasteiger partial charge on any atom is -0.359 e. The Bertz CT molecular complexity index is 1180. The highest BCUT2D eigenvalue weighted by atomic mass is 32.1. The number of thiocarbonyl (C=S) groups is 1. The number of hydrogen-bond acceptors (Lipinski definition) is 4. The number of para-hydroxylation sites is 1. The number of piperidine rings is 1. The van der Waals surface area contributed by atoms with E-state index >= 15 is 0 Å². The van der Waals surface area contributed by atoms with E-state index in [4.69, 9.17) is 17.2 Å². The normalized spacial score (nSPS) is 14.3. The maximum atomic E-state index is 13.1. The number of aromatic nitrogens is 1. The summed E-state index contributed by atoms with van der Waals surface area (Å²) in [6.45, 7) is 6.71. The van der Waals surface area contributed by atoms with Gasteiger partial charge in [-0.3, -0.25) is 4.79 Å². The molecule has 2 N–H and O–H groups in total. The third-order valence-electron chi connectivity index (χ3n) is 6.34. The van der Waals surface area contributed by atoms with Crippen molar-refractivity contribution in [2.75, 3.05) is 25.0 Å². The lowest BCUT2D eigenvalue weighted by Crippen LogP contribution is -2.43.